The lowest BCUT2D eigenvalue weighted by Gasteiger charge is -2.18. The van der Waals surface area contributed by atoms with E-state index in [1.165, 1.54) is 40.6 Å². The molecule has 0 radical (unpaired) electrons. The molecule has 0 unspecified atom stereocenters. The van der Waals surface area contributed by atoms with E-state index in [0.29, 0.717) is 58.6 Å². The van der Waals surface area contributed by atoms with Crippen molar-refractivity contribution >= 4 is 34.7 Å². The molecule has 0 amide bonds. The fraction of sp³-hybridized carbons (Fsp3) is 0.350. The Kier molecular flexibility index (Phi) is 12.5. The molecule has 0 aliphatic heterocycles. The van der Waals surface area contributed by atoms with Crippen molar-refractivity contribution in [2.75, 3.05) is 28.4 Å². The van der Waals surface area contributed by atoms with E-state index in [-0.39, 0.29) is 36.8 Å². The van der Waals surface area contributed by atoms with E-state index in [1.807, 2.05) is 0 Å². The Hall–Kier alpha value is -6.58. The van der Waals surface area contributed by atoms with Crippen LogP contribution in [-0.4, -0.2) is 82.7 Å². The molecule has 2 aliphatic carbocycles. The van der Waals surface area contributed by atoms with Gasteiger partial charge in [-0.1, -0.05) is 0 Å². The molecule has 4 aromatic rings. The van der Waals surface area contributed by atoms with Crippen LogP contribution in [0.5, 0.6) is 23.0 Å². The Bertz CT molecular complexity index is 2180. The fourth-order valence-electron chi connectivity index (χ4n) is 6.56. The van der Waals surface area contributed by atoms with Crippen LogP contribution in [0.2, 0.25) is 0 Å². The Morgan fingerprint density at radius 1 is 0.518 bits per heavy atom. The lowest BCUT2D eigenvalue weighted by molar-refractivity contribution is -0.135. The quantitative estimate of drug-likeness (QED) is 0.167. The van der Waals surface area contributed by atoms with Crippen LogP contribution in [0.1, 0.15) is 70.6 Å². The van der Waals surface area contributed by atoms with Gasteiger partial charge in [0.25, 0.3) is 11.1 Å². The highest BCUT2D eigenvalue weighted by Crippen LogP contribution is 2.30. The molecule has 2 aromatic heterocycles. The molecule has 16 heteroatoms. The van der Waals surface area contributed by atoms with E-state index in [0.717, 1.165) is 9.36 Å². The summed E-state index contributed by atoms with van der Waals surface area (Å²) in [5.41, 5.74) is -0.333. The number of ether oxygens (including phenoxy) is 4. The van der Waals surface area contributed by atoms with Crippen LogP contribution < -0.4 is 30.1 Å². The minimum Gasteiger partial charge on any atom is -0.493 e. The van der Waals surface area contributed by atoms with Gasteiger partial charge in [0.2, 0.25) is 0 Å². The number of aromatic nitrogens is 4. The third kappa shape index (κ3) is 8.23. The zero-order valence-electron chi connectivity index (χ0n) is 31.7. The highest BCUT2D eigenvalue weighted by Gasteiger charge is 2.39. The van der Waals surface area contributed by atoms with Gasteiger partial charge in [0.05, 0.1) is 62.3 Å². The monoisotopic (exact) mass is 768 g/mol. The molecule has 2 saturated carbocycles. The number of ketones is 6. The first-order chi connectivity index (χ1) is 26.7. The second-order valence-corrected chi connectivity index (χ2v) is 13.1. The molecular formula is C40H40N4O12. The lowest BCUT2D eigenvalue weighted by atomic mass is 9.82. The Balaban J connectivity index is 0.000000214. The molecule has 2 aromatic carbocycles. The van der Waals surface area contributed by atoms with Crippen LogP contribution in [0.15, 0.2) is 58.1 Å². The van der Waals surface area contributed by atoms with Gasteiger partial charge in [0.15, 0.2) is 57.7 Å². The number of nitrogens with zero attached hydrogens (tertiary/aromatic N) is 4. The largest absolute Gasteiger partial charge is 0.493 e. The summed E-state index contributed by atoms with van der Waals surface area (Å²) in [5, 5.41) is 8.37. The van der Waals surface area contributed by atoms with Gasteiger partial charge in [-0.15, -0.1) is 0 Å². The summed E-state index contributed by atoms with van der Waals surface area (Å²) >= 11 is 0. The minimum absolute atomic E-state index is 0.163. The smallest absolute Gasteiger partial charge is 0.282 e. The summed E-state index contributed by atoms with van der Waals surface area (Å²) < 4.78 is 23.0. The van der Waals surface area contributed by atoms with E-state index < -0.39 is 57.7 Å². The number of Topliss-reactive ketones (excluding diaryl/α,β-unsaturated/α-hetero) is 6. The molecule has 6 rings (SSSR count). The maximum atomic E-state index is 13.0. The van der Waals surface area contributed by atoms with Gasteiger partial charge in [0.1, 0.15) is 11.8 Å². The molecule has 0 N–H and O–H groups in total. The van der Waals surface area contributed by atoms with Crippen LogP contribution >= 0.6 is 0 Å². The van der Waals surface area contributed by atoms with Crippen molar-refractivity contribution in [1.29, 1.82) is 0 Å². The molecule has 56 heavy (non-hydrogen) atoms. The van der Waals surface area contributed by atoms with Gasteiger partial charge in [-0.3, -0.25) is 38.4 Å². The number of methoxy groups -OCH3 is 4. The maximum Gasteiger partial charge on any atom is 0.282 e. The number of hydrogen-bond donors (Lipinski definition) is 0. The van der Waals surface area contributed by atoms with Crippen molar-refractivity contribution in [3.05, 3.63) is 91.8 Å². The second-order valence-electron chi connectivity index (χ2n) is 13.1. The molecule has 2 aliphatic rings. The molecule has 0 bridgehead atoms. The third-order valence-electron chi connectivity index (χ3n) is 9.33. The minimum atomic E-state index is -1.40. The summed E-state index contributed by atoms with van der Waals surface area (Å²) in [6.07, 6.45) is 1.53. The maximum absolute atomic E-state index is 13.0. The predicted octanol–water partition coefficient (Wildman–Crippen LogP) is 3.36. The molecule has 2 heterocycles. The first-order valence-electron chi connectivity index (χ1n) is 17.6. The number of rotatable bonds is 10. The Morgan fingerprint density at radius 2 is 0.839 bits per heavy atom. The molecular weight excluding hydrogens is 728 g/mol. The normalized spacial score (nSPS) is 14.8. The zero-order valence-corrected chi connectivity index (χ0v) is 31.7. The van der Waals surface area contributed by atoms with Crippen LogP contribution in [-0.2, 0) is 19.2 Å². The van der Waals surface area contributed by atoms with E-state index in [2.05, 4.69) is 10.2 Å². The zero-order chi connectivity index (χ0) is 40.8. The predicted molar refractivity (Wildman–Crippen MR) is 199 cm³/mol. The van der Waals surface area contributed by atoms with Crippen molar-refractivity contribution in [2.45, 2.75) is 52.4 Å². The van der Waals surface area contributed by atoms with E-state index in [9.17, 15) is 38.4 Å². The van der Waals surface area contributed by atoms with Gasteiger partial charge in [-0.25, -0.2) is 0 Å². The standard InChI is InChI=1S/2C20H20N2O6/c2*1-11-9-13(19(25)18-14(23)5-4-6-15(18)24)20(26)22(21-11)12-7-8-16(27-2)17(10-12)28-3/h2*7-10,18H,4-6H2,1-3H3. The van der Waals surface area contributed by atoms with Crippen molar-refractivity contribution in [1.82, 2.24) is 19.6 Å². The molecule has 292 valence electrons. The number of carbonyl (C=O) groups excluding carboxylic acids is 6. The first kappa shape index (κ1) is 40.6. The molecule has 0 saturated heterocycles. The van der Waals surface area contributed by atoms with Gasteiger partial charge >= 0.3 is 0 Å². The van der Waals surface area contributed by atoms with Crippen molar-refractivity contribution in [3.8, 4) is 34.4 Å². The first-order valence-corrected chi connectivity index (χ1v) is 17.6. The number of aryl methyl sites for hydroxylation is 2. The number of hydrogen-bond acceptors (Lipinski definition) is 14. The lowest BCUT2D eigenvalue weighted by Crippen LogP contribution is -2.39. The number of carbonyl (C=O) groups is 6. The Morgan fingerprint density at radius 3 is 1.14 bits per heavy atom. The topological polar surface area (TPSA) is 209 Å². The Labute approximate surface area is 320 Å². The van der Waals surface area contributed by atoms with Gasteiger partial charge in [0, 0.05) is 37.8 Å². The van der Waals surface area contributed by atoms with Gasteiger partial charge < -0.3 is 18.9 Å². The summed E-state index contributed by atoms with van der Waals surface area (Å²) in [5.74, 6) is -4.35. The summed E-state index contributed by atoms with van der Waals surface area (Å²) in [6.45, 7) is 3.25. The summed E-state index contributed by atoms with van der Waals surface area (Å²) in [7, 11) is 5.90. The van der Waals surface area contributed by atoms with Crippen LogP contribution in [0.3, 0.4) is 0 Å². The van der Waals surface area contributed by atoms with Crippen LogP contribution in [0.4, 0.5) is 0 Å². The number of benzene rings is 2. The average molecular weight is 769 g/mol. The SMILES string of the molecule is COc1ccc(-n2nc(C)cc(C(=O)C3C(=O)CCCC3=O)c2=O)cc1OC.COc1ccc(-n2nc(C)cc(C(=O)C3C(=O)CCCC3=O)c2=O)cc1OC. The molecule has 16 nitrogen and oxygen atoms in total. The highest BCUT2D eigenvalue weighted by molar-refractivity contribution is 6.25. The van der Waals surface area contributed by atoms with Crippen molar-refractivity contribution < 1.29 is 47.7 Å². The van der Waals surface area contributed by atoms with Crippen molar-refractivity contribution in [2.24, 2.45) is 11.8 Å². The third-order valence-corrected chi connectivity index (χ3v) is 9.33. The van der Waals surface area contributed by atoms with Crippen LogP contribution in [0, 0.1) is 25.7 Å². The molecule has 2 fully saturated rings. The van der Waals surface area contributed by atoms with Crippen molar-refractivity contribution in [3.63, 3.8) is 0 Å². The fourth-order valence-corrected chi connectivity index (χ4v) is 6.56. The molecule has 0 atom stereocenters. The summed E-state index contributed by atoms with van der Waals surface area (Å²) in [4.78, 5) is 100. The van der Waals surface area contributed by atoms with E-state index in [1.54, 1.807) is 50.2 Å². The van der Waals surface area contributed by atoms with Gasteiger partial charge in [-0.05, 0) is 63.1 Å². The average Bonchev–Trinajstić information content (AvgIpc) is 3.18. The second kappa shape index (κ2) is 17.3. The summed E-state index contributed by atoms with van der Waals surface area (Å²) in [6, 6.07) is 12.2. The highest BCUT2D eigenvalue weighted by atomic mass is 16.5. The molecule has 0 spiro atoms. The van der Waals surface area contributed by atoms with E-state index in [4.69, 9.17) is 18.9 Å². The van der Waals surface area contributed by atoms with E-state index >= 15 is 0 Å². The van der Waals surface area contributed by atoms with Gasteiger partial charge in [-0.2, -0.15) is 19.6 Å². The van der Waals surface area contributed by atoms with Crippen LogP contribution in [0.25, 0.3) is 11.4 Å².